The number of amides is 1. The second-order valence-electron chi connectivity index (χ2n) is 11.5. The first-order valence-electron chi connectivity index (χ1n) is 14.5. The monoisotopic (exact) mass is 719 g/mol. The van der Waals surface area contributed by atoms with Gasteiger partial charge in [-0.1, -0.05) is 57.3 Å². The summed E-state index contributed by atoms with van der Waals surface area (Å²) in [5.74, 6) is -0.0802. The van der Waals surface area contributed by atoms with Crippen LogP contribution >= 0.6 is 39.1 Å². The average Bonchev–Trinajstić information content (AvgIpc) is 3.39. The largest absolute Gasteiger partial charge is 0.494 e. The van der Waals surface area contributed by atoms with Gasteiger partial charge >= 0.3 is 5.97 Å². The van der Waals surface area contributed by atoms with E-state index < -0.39 is 29.1 Å². The number of benzene rings is 3. The highest BCUT2D eigenvalue weighted by Gasteiger charge is 2.53. The molecule has 0 radical (unpaired) electrons. The van der Waals surface area contributed by atoms with Crippen molar-refractivity contribution >= 4 is 56.9 Å². The average molecular weight is 721 g/mol. The Kier molecular flexibility index (Phi) is 11.9. The van der Waals surface area contributed by atoms with Crippen molar-refractivity contribution in [2.75, 3.05) is 13.2 Å². The maximum Gasteiger partial charge on any atom is 0.306 e. The molecule has 0 unspecified atom stereocenters. The summed E-state index contributed by atoms with van der Waals surface area (Å²) in [5, 5.41) is 9.86. The van der Waals surface area contributed by atoms with Gasteiger partial charge in [0, 0.05) is 36.0 Å². The Morgan fingerprint density at radius 2 is 1.76 bits per heavy atom. The summed E-state index contributed by atoms with van der Waals surface area (Å²) in [6.45, 7) is 6.03. The van der Waals surface area contributed by atoms with Gasteiger partial charge in [-0.2, -0.15) is 0 Å². The van der Waals surface area contributed by atoms with E-state index in [0.29, 0.717) is 39.9 Å². The highest BCUT2D eigenvalue weighted by molar-refractivity contribution is 9.10. The van der Waals surface area contributed by atoms with Crippen LogP contribution in [0.15, 0.2) is 76.2 Å². The molecule has 0 saturated heterocycles. The fourth-order valence-corrected chi connectivity index (χ4v) is 5.26. The molecule has 12 heteroatoms. The van der Waals surface area contributed by atoms with Crippen LogP contribution in [0.3, 0.4) is 0 Å². The summed E-state index contributed by atoms with van der Waals surface area (Å²) >= 11 is 15.7. The van der Waals surface area contributed by atoms with E-state index >= 15 is 0 Å². The molecule has 0 fully saturated rings. The van der Waals surface area contributed by atoms with Crippen molar-refractivity contribution in [3.8, 4) is 5.75 Å². The molecule has 240 valence electrons. The number of hydrogen-bond donors (Lipinski definition) is 3. The highest BCUT2D eigenvalue weighted by Crippen LogP contribution is 2.43. The van der Waals surface area contributed by atoms with E-state index in [1.165, 1.54) is 0 Å². The van der Waals surface area contributed by atoms with Crippen LogP contribution in [0.25, 0.3) is 0 Å². The summed E-state index contributed by atoms with van der Waals surface area (Å²) in [6, 6.07) is 19.7. The molecule has 0 aromatic heterocycles. The van der Waals surface area contributed by atoms with Crippen molar-refractivity contribution in [2.24, 2.45) is 4.99 Å². The number of carbonyl (C=O) groups is 2. The molecule has 0 bridgehead atoms. The van der Waals surface area contributed by atoms with Crippen LogP contribution in [0.2, 0.25) is 10.0 Å². The van der Waals surface area contributed by atoms with E-state index in [-0.39, 0.29) is 31.9 Å². The summed E-state index contributed by atoms with van der Waals surface area (Å²) in [5.41, 5.74) is 5.63. The Morgan fingerprint density at radius 1 is 1.04 bits per heavy atom. The highest BCUT2D eigenvalue weighted by atomic mass is 79.9. The van der Waals surface area contributed by atoms with Crippen molar-refractivity contribution in [1.29, 1.82) is 0 Å². The number of rotatable bonds is 13. The zero-order chi connectivity index (χ0) is 32.6. The lowest BCUT2D eigenvalue weighted by molar-refractivity contribution is -0.155. The second kappa shape index (κ2) is 15.4. The second-order valence-corrected chi connectivity index (χ2v) is 13.2. The van der Waals surface area contributed by atoms with Gasteiger partial charge in [-0.05, 0) is 86.8 Å². The van der Waals surface area contributed by atoms with Gasteiger partial charge in [0.05, 0.1) is 16.7 Å². The molecule has 1 aliphatic rings. The number of esters is 1. The Morgan fingerprint density at radius 3 is 2.40 bits per heavy atom. The van der Waals surface area contributed by atoms with E-state index in [9.17, 15) is 9.59 Å². The molecule has 0 spiro atoms. The predicted octanol–water partition coefficient (Wildman–Crippen LogP) is 6.72. The number of aliphatic imine (C=N–C) groups is 1. The Hall–Kier alpha value is -3.15. The van der Waals surface area contributed by atoms with Crippen molar-refractivity contribution < 1.29 is 28.9 Å². The number of ether oxygens (including phenoxy) is 3. The predicted molar refractivity (Wildman–Crippen MR) is 177 cm³/mol. The molecular formula is C33H36BrCl2N3O6. The minimum Gasteiger partial charge on any atom is -0.494 e. The van der Waals surface area contributed by atoms with E-state index in [4.69, 9.17) is 47.5 Å². The van der Waals surface area contributed by atoms with Gasteiger partial charge in [0.1, 0.15) is 11.4 Å². The smallest absolute Gasteiger partial charge is 0.306 e. The first-order valence-corrected chi connectivity index (χ1v) is 16.0. The number of nitrogens with zero attached hydrogens (tertiary/aromatic N) is 1. The zero-order valence-corrected chi connectivity index (χ0v) is 28.3. The minimum atomic E-state index is -1.54. The van der Waals surface area contributed by atoms with Crippen LogP contribution in [0.4, 0.5) is 0 Å². The molecule has 0 aliphatic carbocycles. The van der Waals surface area contributed by atoms with Crippen LogP contribution in [0.1, 0.15) is 62.8 Å². The van der Waals surface area contributed by atoms with E-state index in [1.54, 1.807) is 63.2 Å². The topological polar surface area (TPSA) is 118 Å². The standard InChI is InChI=1S/C33H36BrCl2N3O6/c1-32(2,3)45-28(41)15-16-33(31(42)39-37-20-21-5-14-26(35)27(36)19-21)29(22-6-10-24(34)11-7-22)44-30(38-33)23-8-12-25(13-9-23)43-18-4-17-40/h5-14,19,29,37,40H,4,15-18,20H2,1-3H3,(H,39,42)/t29-,33-/m0/s1. The Labute approximate surface area is 281 Å². The molecule has 45 heavy (non-hydrogen) atoms. The van der Waals surface area contributed by atoms with Gasteiger partial charge in [-0.15, -0.1) is 0 Å². The SMILES string of the molecule is CC(C)(C)OC(=O)CC[C@]1(C(=O)NNCc2ccc(Cl)c(Cl)c2)N=C(c2ccc(OCCCO)cc2)O[C@H]1c1ccc(Br)cc1. The molecule has 3 N–H and O–H groups in total. The number of halogens is 3. The van der Waals surface area contributed by atoms with E-state index in [0.717, 1.165) is 10.0 Å². The lowest BCUT2D eigenvalue weighted by Gasteiger charge is -2.31. The van der Waals surface area contributed by atoms with Crippen LogP contribution in [0, 0.1) is 0 Å². The molecule has 1 aliphatic heterocycles. The van der Waals surface area contributed by atoms with Crippen LogP contribution in [0.5, 0.6) is 5.75 Å². The lowest BCUT2D eigenvalue weighted by Crippen LogP contribution is -2.52. The number of aliphatic hydroxyl groups excluding tert-OH is 1. The molecule has 9 nitrogen and oxygen atoms in total. The number of nitrogens with one attached hydrogen (secondary N) is 2. The quantitative estimate of drug-likeness (QED) is 0.102. The van der Waals surface area contributed by atoms with Gasteiger partial charge < -0.3 is 19.3 Å². The van der Waals surface area contributed by atoms with E-state index in [2.05, 4.69) is 26.8 Å². The third kappa shape index (κ3) is 9.43. The van der Waals surface area contributed by atoms with E-state index in [1.807, 2.05) is 24.3 Å². The Bertz CT molecular complexity index is 1510. The maximum absolute atomic E-state index is 14.2. The lowest BCUT2D eigenvalue weighted by atomic mass is 9.83. The van der Waals surface area contributed by atoms with Crippen molar-refractivity contribution in [3.05, 3.63) is 97.9 Å². The number of aliphatic hydroxyl groups is 1. The first-order chi connectivity index (χ1) is 21.4. The first kappa shape index (κ1) is 34.7. The van der Waals surface area contributed by atoms with Crippen LogP contribution in [-0.2, 0) is 25.6 Å². The third-order valence-electron chi connectivity index (χ3n) is 6.81. The minimum absolute atomic E-state index is 0.00872. The molecule has 3 aromatic carbocycles. The number of hydrazine groups is 1. The fourth-order valence-electron chi connectivity index (χ4n) is 4.68. The molecular weight excluding hydrogens is 685 g/mol. The van der Waals surface area contributed by atoms with Gasteiger partial charge in [0.2, 0.25) is 5.90 Å². The fraction of sp³-hybridized carbons (Fsp3) is 0.364. The summed E-state index contributed by atoms with van der Waals surface area (Å²) < 4.78 is 18.5. The van der Waals surface area contributed by atoms with Gasteiger partial charge in [0.25, 0.3) is 5.91 Å². The van der Waals surface area contributed by atoms with Crippen molar-refractivity contribution in [1.82, 2.24) is 10.9 Å². The number of hydrogen-bond acceptors (Lipinski definition) is 8. The van der Waals surface area contributed by atoms with Gasteiger partial charge in [-0.3, -0.25) is 15.0 Å². The summed E-state index contributed by atoms with van der Waals surface area (Å²) in [4.78, 5) is 32.0. The van der Waals surface area contributed by atoms with Crippen molar-refractivity contribution in [3.63, 3.8) is 0 Å². The Balaban J connectivity index is 1.67. The van der Waals surface area contributed by atoms with Gasteiger partial charge in [0.15, 0.2) is 11.6 Å². The summed E-state index contributed by atoms with van der Waals surface area (Å²) in [6.07, 6.45) is -0.423. The molecule has 4 rings (SSSR count). The maximum atomic E-state index is 14.2. The molecule has 1 amide bonds. The van der Waals surface area contributed by atoms with Crippen LogP contribution in [-0.4, -0.2) is 47.2 Å². The van der Waals surface area contributed by atoms with Crippen molar-refractivity contribution in [2.45, 2.75) is 63.8 Å². The molecule has 1 heterocycles. The molecule has 0 saturated carbocycles. The zero-order valence-electron chi connectivity index (χ0n) is 25.2. The van der Waals surface area contributed by atoms with Crippen LogP contribution < -0.4 is 15.6 Å². The molecule has 3 aromatic rings. The molecule has 2 atom stereocenters. The number of carbonyl (C=O) groups excluding carboxylic acids is 2. The normalized spacial score (nSPS) is 17.8. The summed E-state index contributed by atoms with van der Waals surface area (Å²) in [7, 11) is 0. The third-order valence-corrected chi connectivity index (χ3v) is 8.08. The van der Waals surface area contributed by atoms with Gasteiger partial charge in [-0.25, -0.2) is 10.4 Å².